The fourth-order valence-corrected chi connectivity index (χ4v) is 3.71. The predicted molar refractivity (Wildman–Crippen MR) is 94.5 cm³/mol. The Morgan fingerprint density at radius 1 is 1.38 bits per heavy atom. The minimum atomic E-state index is -0.261. The summed E-state index contributed by atoms with van der Waals surface area (Å²) in [4.78, 5) is 7.07. The Balaban J connectivity index is 1.53. The molecule has 0 radical (unpaired) electrons. The highest BCUT2D eigenvalue weighted by Gasteiger charge is 2.33. The third kappa shape index (κ3) is 4.32. The number of likely N-dealkylation sites (tertiary alicyclic amines) is 1. The van der Waals surface area contributed by atoms with Gasteiger partial charge in [-0.15, -0.1) is 11.3 Å². The molecule has 1 atom stereocenters. The van der Waals surface area contributed by atoms with Crippen molar-refractivity contribution < 1.29 is 9.13 Å². The average Bonchev–Trinajstić information content (AvgIpc) is 2.98. The molecule has 0 aliphatic carbocycles. The van der Waals surface area contributed by atoms with Crippen LogP contribution in [0.3, 0.4) is 0 Å². The first-order valence-electron chi connectivity index (χ1n) is 8.22. The maximum Gasteiger partial charge on any atom is 0.140 e. The molecule has 1 aliphatic heterocycles. The minimum absolute atomic E-state index is 0.142. The highest BCUT2D eigenvalue weighted by molar-refractivity contribution is 7.09. The van der Waals surface area contributed by atoms with E-state index >= 15 is 0 Å². The molecule has 0 amide bonds. The van der Waals surface area contributed by atoms with Crippen LogP contribution in [0.2, 0.25) is 0 Å². The minimum Gasteiger partial charge on any atom is -0.486 e. The second-order valence-corrected chi connectivity index (χ2v) is 8.01. The summed E-state index contributed by atoms with van der Waals surface area (Å²) in [5.74, 6) is 0.392. The molecule has 1 saturated heterocycles. The van der Waals surface area contributed by atoms with Gasteiger partial charge in [-0.3, -0.25) is 4.90 Å². The van der Waals surface area contributed by atoms with E-state index in [9.17, 15) is 4.39 Å². The standard InChI is InChI=1S/C18H24FN3OS/c1-18(2)12-22(8-7-16(18)20)9-14-11-24-17(21-14)10-23-15-5-3-13(19)4-6-15/h3-6,11,16H,7-10,12,20H2,1-2H3. The number of nitrogens with two attached hydrogens (primary N) is 1. The third-order valence-corrected chi connectivity index (χ3v) is 5.42. The molecular formula is C18H24FN3OS. The molecular weight excluding hydrogens is 325 g/mol. The summed E-state index contributed by atoms with van der Waals surface area (Å²) in [6.45, 7) is 7.73. The third-order valence-electron chi connectivity index (χ3n) is 4.55. The van der Waals surface area contributed by atoms with Gasteiger partial charge in [0.1, 0.15) is 23.2 Å². The number of halogens is 1. The number of thiazole rings is 1. The molecule has 24 heavy (non-hydrogen) atoms. The molecule has 1 fully saturated rings. The molecule has 6 heteroatoms. The zero-order valence-corrected chi connectivity index (χ0v) is 15.0. The first-order valence-corrected chi connectivity index (χ1v) is 9.10. The van der Waals surface area contributed by atoms with Crippen LogP contribution in [0.1, 0.15) is 31.0 Å². The van der Waals surface area contributed by atoms with Gasteiger partial charge >= 0.3 is 0 Å². The van der Waals surface area contributed by atoms with Crippen molar-refractivity contribution in [1.82, 2.24) is 9.88 Å². The Kier molecular flexibility index (Phi) is 5.18. The largest absolute Gasteiger partial charge is 0.486 e. The molecule has 2 N–H and O–H groups in total. The number of benzene rings is 1. The number of piperidine rings is 1. The summed E-state index contributed by atoms with van der Waals surface area (Å²) in [6.07, 6.45) is 1.03. The van der Waals surface area contributed by atoms with Gasteiger partial charge in [0, 0.05) is 31.1 Å². The monoisotopic (exact) mass is 349 g/mol. The van der Waals surface area contributed by atoms with E-state index < -0.39 is 0 Å². The van der Waals surface area contributed by atoms with Gasteiger partial charge in [-0.25, -0.2) is 9.37 Å². The molecule has 3 rings (SSSR count). The first-order chi connectivity index (χ1) is 11.4. The van der Waals surface area contributed by atoms with Crippen molar-refractivity contribution in [2.24, 2.45) is 11.1 Å². The maximum absolute atomic E-state index is 12.9. The molecule has 0 spiro atoms. The molecule has 4 nitrogen and oxygen atoms in total. The summed E-state index contributed by atoms with van der Waals surface area (Å²) >= 11 is 1.60. The van der Waals surface area contributed by atoms with Crippen LogP contribution in [0, 0.1) is 11.2 Å². The van der Waals surface area contributed by atoms with Gasteiger partial charge < -0.3 is 10.5 Å². The van der Waals surface area contributed by atoms with Gasteiger partial charge in [0.15, 0.2) is 0 Å². The lowest BCUT2D eigenvalue weighted by atomic mass is 9.80. The van der Waals surface area contributed by atoms with Crippen LogP contribution in [0.4, 0.5) is 4.39 Å². The molecule has 2 heterocycles. The Bertz CT molecular complexity index is 671. The SMILES string of the molecule is CC1(C)CN(Cc2csc(COc3ccc(F)cc3)n2)CCC1N. The van der Waals surface area contributed by atoms with E-state index in [1.54, 1.807) is 23.5 Å². The molecule has 130 valence electrons. The van der Waals surface area contributed by atoms with Crippen LogP contribution < -0.4 is 10.5 Å². The molecule has 0 bridgehead atoms. The van der Waals surface area contributed by atoms with E-state index in [0.717, 1.165) is 36.8 Å². The second kappa shape index (κ2) is 7.17. The fraction of sp³-hybridized carbons (Fsp3) is 0.500. The lowest BCUT2D eigenvalue weighted by Crippen LogP contribution is -2.52. The van der Waals surface area contributed by atoms with Gasteiger partial charge in [0.05, 0.1) is 5.69 Å². The van der Waals surface area contributed by atoms with E-state index in [2.05, 4.69) is 29.1 Å². The lowest BCUT2D eigenvalue weighted by Gasteiger charge is -2.42. The molecule has 1 aromatic heterocycles. The lowest BCUT2D eigenvalue weighted by molar-refractivity contribution is 0.0890. The highest BCUT2D eigenvalue weighted by Crippen LogP contribution is 2.28. The smallest absolute Gasteiger partial charge is 0.140 e. The van der Waals surface area contributed by atoms with Crippen LogP contribution in [-0.2, 0) is 13.2 Å². The van der Waals surface area contributed by atoms with Crippen molar-refractivity contribution in [3.8, 4) is 5.75 Å². The number of nitrogens with zero attached hydrogens (tertiary/aromatic N) is 2. The van der Waals surface area contributed by atoms with E-state index in [1.807, 2.05) is 0 Å². The zero-order valence-electron chi connectivity index (χ0n) is 14.2. The van der Waals surface area contributed by atoms with Crippen molar-refractivity contribution in [2.75, 3.05) is 13.1 Å². The summed E-state index contributed by atoms with van der Waals surface area (Å²) in [6, 6.07) is 6.31. The van der Waals surface area contributed by atoms with Crippen LogP contribution in [0.25, 0.3) is 0 Å². The summed E-state index contributed by atoms with van der Waals surface area (Å²) < 4.78 is 18.5. The molecule has 1 aromatic carbocycles. The van der Waals surface area contributed by atoms with Crippen LogP contribution in [0.15, 0.2) is 29.6 Å². The molecule has 1 unspecified atom stereocenters. The molecule has 0 saturated carbocycles. The van der Waals surface area contributed by atoms with Crippen molar-refractivity contribution in [3.63, 3.8) is 0 Å². The quantitative estimate of drug-likeness (QED) is 0.899. The Morgan fingerprint density at radius 3 is 2.83 bits per heavy atom. The number of hydrogen-bond donors (Lipinski definition) is 1. The topological polar surface area (TPSA) is 51.4 Å². The first kappa shape index (κ1) is 17.3. The predicted octanol–water partition coefficient (Wildman–Crippen LogP) is 3.42. The average molecular weight is 349 g/mol. The maximum atomic E-state index is 12.9. The van der Waals surface area contributed by atoms with Gasteiger partial charge in [0.2, 0.25) is 0 Å². The fourth-order valence-electron chi connectivity index (χ4n) is 3.01. The summed E-state index contributed by atoms with van der Waals surface area (Å²) in [5.41, 5.74) is 7.41. The van der Waals surface area contributed by atoms with Crippen LogP contribution in [-0.4, -0.2) is 29.0 Å². The van der Waals surface area contributed by atoms with E-state index in [4.69, 9.17) is 10.5 Å². The van der Waals surface area contributed by atoms with Gasteiger partial charge in [0.25, 0.3) is 0 Å². The number of hydrogen-bond acceptors (Lipinski definition) is 5. The van der Waals surface area contributed by atoms with Gasteiger partial charge in [-0.05, 0) is 36.1 Å². The normalized spacial score (nSPS) is 20.9. The van der Waals surface area contributed by atoms with Crippen molar-refractivity contribution in [1.29, 1.82) is 0 Å². The second-order valence-electron chi connectivity index (χ2n) is 7.07. The van der Waals surface area contributed by atoms with Crippen molar-refractivity contribution in [2.45, 2.75) is 39.5 Å². The Labute approximate surface area is 146 Å². The van der Waals surface area contributed by atoms with Gasteiger partial charge in [-0.2, -0.15) is 0 Å². The number of ether oxygens (including phenoxy) is 1. The number of aromatic nitrogens is 1. The van der Waals surface area contributed by atoms with E-state index in [-0.39, 0.29) is 17.3 Å². The van der Waals surface area contributed by atoms with Gasteiger partial charge in [-0.1, -0.05) is 13.8 Å². The Hall–Kier alpha value is -1.50. The Morgan fingerprint density at radius 2 is 2.12 bits per heavy atom. The molecule has 2 aromatic rings. The van der Waals surface area contributed by atoms with Crippen LogP contribution >= 0.6 is 11.3 Å². The van der Waals surface area contributed by atoms with E-state index in [0.29, 0.717) is 12.4 Å². The van der Waals surface area contributed by atoms with Crippen molar-refractivity contribution in [3.05, 3.63) is 46.2 Å². The van der Waals surface area contributed by atoms with Crippen molar-refractivity contribution >= 4 is 11.3 Å². The number of rotatable bonds is 5. The molecule has 1 aliphatic rings. The highest BCUT2D eigenvalue weighted by atomic mass is 32.1. The zero-order chi connectivity index (χ0) is 17.2. The summed E-state index contributed by atoms with van der Waals surface area (Å²) in [5, 5.41) is 3.02. The van der Waals surface area contributed by atoms with E-state index in [1.165, 1.54) is 12.1 Å². The van der Waals surface area contributed by atoms with Crippen LogP contribution in [0.5, 0.6) is 5.75 Å². The summed E-state index contributed by atoms with van der Waals surface area (Å²) in [7, 11) is 0.